The Kier molecular flexibility index (Phi) is 8.48. The maximum Gasteiger partial charge on any atom is 0.330 e. The van der Waals surface area contributed by atoms with E-state index in [1.807, 2.05) is 32.9 Å². The fraction of sp³-hybridized carbons (Fsp3) is 0.560. The van der Waals surface area contributed by atoms with Gasteiger partial charge in [-0.2, -0.15) is 0 Å². The van der Waals surface area contributed by atoms with E-state index in [1.54, 1.807) is 24.0 Å². The Labute approximate surface area is 205 Å². The third-order valence-corrected chi connectivity index (χ3v) is 6.26. The van der Waals surface area contributed by atoms with Crippen LogP contribution in [0.4, 0.5) is 11.5 Å². The van der Waals surface area contributed by atoms with Gasteiger partial charge in [0, 0.05) is 26.2 Å². The number of nitrogens with zero attached hydrogens (tertiary/aromatic N) is 3. The number of methoxy groups -OCH3 is 2. The smallest absolute Gasteiger partial charge is 0.330 e. The molecule has 1 aromatic carbocycles. The molecule has 3 rings (SSSR count). The molecule has 10 heteroatoms. The van der Waals surface area contributed by atoms with E-state index < -0.39 is 11.2 Å². The Hall–Kier alpha value is -3.43. The normalized spacial score (nSPS) is 13.0. The van der Waals surface area contributed by atoms with Crippen molar-refractivity contribution in [2.75, 3.05) is 44.5 Å². The van der Waals surface area contributed by atoms with Crippen LogP contribution in [0.3, 0.4) is 0 Å². The summed E-state index contributed by atoms with van der Waals surface area (Å²) in [4.78, 5) is 44.5. The number of aromatic nitrogens is 2. The lowest BCUT2D eigenvalue weighted by Crippen LogP contribution is -2.46. The average molecular weight is 488 g/mol. The molecule has 0 bridgehead atoms. The highest BCUT2D eigenvalue weighted by Gasteiger charge is 2.26. The number of benzene rings is 1. The molecule has 0 spiro atoms. The van der Waals surface area contributed by atoms with E-state index in [1.165, 1.54) is 4.57 Å². The molecule has 3 N–H and O–H groups in total. The van der Waals surface area contributed by atoms with Gasteiger partial charge in [-0.05, 0) is 42.0 Å². The monoisotopic (exact) mass is 487 g/mol. The van der Waals surface area contributed by atoms with Crippen LogP contribution in [0, 0.1) is 5.92 Å². The van der Waals surface area contributed by atoms with E-state index in [0.717, 1.165) is 24.0 Å². The van der Waals surface area contributed by atoms with E-state index in [4.69, 9.17) is 15.2 Å². The Morgan fingerprint density at radius 1 is 1.17 bits per heavy atom. The topological polar surface area (TPSA) is 123 Å². The summed E-state index contributed by atoms with van der Waals surface area (Å²) in [5.74, 6) is 1.43. The van der Waals surface area contributed by atoms with Gasteiger partial charge < -0.3 is 25.0 Å². The van der Waals surface area contributed by atoms with Crippen LogP contribution in [0.15, 0.2) is 21.7 Å². The molecule has 1 amide bonds. The lowest BCUT2D eigenvalue weighted by Gasteiger charge is -2.32. The number of aromatic amines is 1. The molecule has 35 heavy (non-hydrogen) atoms. The summed E-state index contributed by atoms with van der Waals surface area (Å²) in [6, 6.07) is 3.87. The highest BCUT2D eigenvalue weighted by Crippen LogP contribution is 2.33. The number of carbonyl (C=O) groups is 1. The predicted molar refractivity (Wildman–Crippen MR) is 136 cm³/mol. The number of carbonyl (C=O) groups excluding carboxylic acids is 1. The van der Waals surface area contributed by atoms with Gasteiger partial charge in [-0.15, -0.1) is 0 Å². The zero-order valence-electron chi connectivity index (χ0n) is 21.3. The van der Waals surface area contributed by atoms with Gasteiger partial charge in [0.05, 0.1) is 20.8 Å². The second kappa shape index (κ2) is 11.3. The van der Waals surface area contributed by atoms with Crippen LogP contribution in [0.25, 0.3) is 0 Å². The fourth-order valence-corrected chi connectivity index (χ4v) is 4.41. The minimum atomic E-state index is -0.572. The maximum absolute atomic E-state index is 13.4. The van der Waals surface area contributed by atoms with Gasteiger partial charge in [-0.25, -0.2) is 4.79 Å². The van der Waals surface area contributed by atoms with Gasteiger partial charge >= 0.3 is 5.69 Å². The summed E-state index contributed by atoms with van der Waals surface area (Å²) in [6.07, 6.45) is 2.35. The zero-order valence-corrected chi connectivity index (χ0v) is 21.3. The average Bonchev–Trinajstić information content (AvgIpc) is 2.83. The number of nitrogens with one attached hydrogen (secondary N) is 1. The molecule has 10 nitrogen and oxygen atoms in total. The first-order valence-electron chi connectivity index (χ1n) is 12.1. The number of H-pyrrole nitrogens is 1. The fourth-order valence-electron chi connectivity index (χ4n) is 4.41. The quantitative estimate of drug-likeness (QED) is 0.525. The minimum absolute atomic E-state index is 0.00418. The van der Waals surface area contributed by atoms with E-state index in [-0.39, 0.29) is 29.9 Å². The van der Waals surface area contributed by atoms with Gasteiger partial charge in [0.2, 0.25) is 5.91 Å². The minimum Gasteiger partial charge on any atom is -0.493 e. The van der Waals surface area contributed by atoms with E-state index in [0.29, 0.717) is 44.1 Å². The van der Waals surface area contributed by atoms with Crippen molar-refractivity contribution in [3.05, 3.63) is 44.1 Å². The molecule has 2 heterocycles. The summed E-state index contributed by atoms with van der Waals surface area (Å²) in [6.45, 7) is 7.81. The molecule has 0 radical (unpaired) electrons. The van der Waals surface area contributed by atoms with Crippen molar-refractivity contribution in [2.24, 2.45) is 5.92 Å². The summed E-state index contributed by atoms with van der Waals surface area (Å²) in [5, 5.41) is 0. The molecule has 2 aromatic rings. The molecule has 0 aliphatic carbocycles. The molecule has 0 unspecified atom stereocenters. The molecular weight excluding hydrogens is 450 g/mol. The SMILES string of the molecule is CCCCN(CC(=O)N1CCc2cc(OC)c(OC)cc2C1)c1c(N)n(CC(C)C)c(=O)[nH]c1=O. The Morgan fingerprint density at radius 3 is 2.43 bits per heavy atom. The Bertz CT molecular complexity index is 1170. The van der Waals surface area contributed by atoms with Crippen LogP contribution in [-0.4, -0.2) is 54.2 Å². The number of fused-ring (bicyclic) bond motifs is 1. The van der Waals surface area contributed by atoms with E-state index >= 15 is 0 Å². The number of hydrogen-bond acceptors (Lipinski definition) is 7. The Morgan fingerprint density at radius 2 is 1.83 bits per heavy atom. The highest BCUT2D eigenvalue weighted by atomic mass is 16.5. The van der Waals surface area contributed by atoms with Crippen molar-refractivity contribution < 1.29 is 14.3 Å². The highest BCUT2D eigenvalue weighted by molar-refractivity contribution is 5.83. The molecular formula is C25H37N5O5. The number of ether oxygens (including phenoxy) is 2. The van der Waals surface area contributed by atoms with Gasteiger partial charge in [0.25, 0.3) is 5.56 Å². The van der Waals surface area contributed by atoms with Crippen molar-refractivity contribution in [1.29, 1.82) is 0 Å². The van der Waals surface area contributed by atoms with Gasteiger partial charge in [-0.3, -0.25) is 19.1 Å². The molecule has 0 atom stereocenters. The number of amides is 1. The number of nitrogens with two attached hydrogens (primary N) is 1. The summed E-state index contributed by atoms with van der Waals surface area (Å²) in [7, 11) is 3.19. The maximum atomic E-state index is 13.4. The van der Waals surface area contributed by atoms with Gasteiger partial charge in [0.1, 0.15) is 11.5 Å². The third-order valence-electron chi connectivity index (χ3n) is 6.26. The van der Waals surface area contributed by atoms with E-state index in [9.17, 15) is 14.4 Å². The number of rotatable bonds is 10. The molecule has 192 valence electrons. The van der Waals surface area contributed by atoms with Gasteiger partial charge in [-0.1, -0.05) is 27.2 Å². The number of unbranched alkanes of at least 4 members (excludes halogenated alkanes) is 1. The summed E-state index contributed by atoms with van der Waals surface area (Å²) >= 11 is 0. The van der Waals surface area contributed by atoms with Crippen molar-refractivity contribution >= 4 is 17.4 Å². The summed E-state index contributed by atoms with van der Waals surface area (Å²) < 4.78 is 12.2. The van der Waals surface area contributed by atoms with Crippen molar-refractivity contribution in [3.8, 4) is 11.5 Å². The first-order valence-corrected chi connectivity index (χ1v) is 12.1. The zero-order chi connectivity index (χ0) is 25.7. The number of nitrogen functional groups attached to an aromatic ring is 1. The van der Waals surface area contributed by atoms with Crippen molar-refractivity contribution in [3.63, 3.8) is 0 Å². The van der Waals surface area contributed by atoms with Crippen LogP contribution in [0.5, 0.6) is 11.5 Å². The molecule has 1 aliphatic heterocycles. The number of hydrogen-bond donors (Lipinski definition) is 2. The van der Waals surface area contributed by atoms with Crippen LogP contribution >= 0.6 is 0 Å². The molecule has 1 aromatic heterocycles. The number of anilines is 2. The standard InChI is InChI=1S/C25H37N5O5/c1-6-7-9-29(22-23(26)30(13-16(2)3)25(33)27-24(22)32)15-21(31)28-10-8-17-11-19(34-4)20(35-5)12-18(17)14-28/h11-12,16H,6-10,13-15,26H2,1-5H3,(H,27,32,33). The van der Waals surface area contributed by atoms with Crippen molar-refractivity contribution in [2.45, 2.75) is 53.1 Å². The molecule has 0 saturated carbocycles. The summed E-state index contributed by atoms with van der Waals surface area (Å²) in [5.41, 5.74) is 7.53. The first-order chi connectivity index (χ1) is 16.7. The first kappa shape index (κ1) is 26.2. The Balaban J connectivity index is 1.88. The van der Waals surface area contributed by atoms with Crippen molar-refractivity contribution in [1.82, 2.24) is 14.5 Å². The largest absolute Gasteiger partial charge is 0.493 e. The second-order valence-corrected chi connectivity index (χ2v) is 9.31. The van der Waals surface area contributed by atoms with Crippen LogP contribution < -0.4 is 31.4 Å². The second-order valence-electron chi connectivity index (χ2n) is 9.31. The van der Waals surface area contributed by atoms with Gasteiger partial charge in [0.15, 0.2) is 11.5 Å². The predicted octanol–water partition coefficient (Wildman–Crippen LogP) is 1.98. The van der Waals surface area contributed by atoms with E-state index in [2.05, 4.69) is 4.98 Å². The van der Waals surface area contributed by atoms with Crippen LogP contribution in [0.2, 0.25) is 0 Å². The molecule has 1 aliphatic rings. The molecule has 0 saturated heterocycles. The van der Waals surface area contributed by atoms with Crippen LogP contribution in [-0.2, 0) is 24.3 Å². The molecule has 0 fully saturated rings. The lowest BCUT2D eigenvalue weighted by molar-refractivity contribution is -0.130. The lowest BCUT2D eigenvalue weighted by atomic mass is 9.98. The van der Waals surface area contributed by atoms with Crippen LogP contribution in [0.1, 0.15) is 44.7 Å². The third kappa shape index (κ3) is 5.80.